The summed E-state index contributed by atoms with van der Waals surface area (Å²) in [6, 6.07) is 14.4. The van der Waals surface area contributed by atoms with Crippen LogP contribution in [-0.2, 0) is 11.2 Å². The summed E-state index contributed by atoms with van der Waals surface area (Å²) < 4.78 is 10.4. The largest absolute Gasteiger partial charge is 0.493 e. The Hall–Kier alpha value is -2.62. The van der Waals surface area contributed by atoms with Gasteiger partial charge in [-0.3, -0.25) is 9.59 Å². The zero-order valence-corrected chi connectivity index (χ0v) is 11.7. The molecule has 2 aromatic carbocycles. The van der Waals surface area contributed by atoms with E-state index in [0.29, 0.717) is 29.8 Å². The van der Waals surface area contributed by atoms with Gasteiger partial charge in [0.1, 0.15) is 6.29 Å². The Labute approximate surface area is 123 Å². The molecule has 0 unspecified atom stereocenters. The van der Waals surface area contributed by atoms with Crippen LogP contribution in [0.3, 0.4) is 0 Å². The van der Waals surface area contributed by atoms with E-state index in [-0.39, 0.29) is 12.4 Å². The Balaban J connectivity index is 1.97. The lowest BCUT2D eigenvalue weighted by molar-refractivity contribution is -0.134. The van der Waals surface area contributed by atoms with Crippen LogP contribution in [0.5, 0.6) is 11.5 Å². The second kappa shape index (κ2) is 7.24. The van der Waals surface area contributed by atoms with Crippen molar-refractivity contribution >= 4 is 12.3 Å². The summed E-state index contributed by atoms with van der Waals surface area (Å²) in [4.78, 5) is 22.6. The molecule has 21 heavy (non-hydrogen) atoms. The third kappa shape index (κ3) is 4.18. The number of hydrogen-bond donors (Lipinski definition) is 0. The molecule has 4 nitrogen and oxygen atoms in total. The van der Waals surface area contributed by atoms with Gasteiger partial charge in [-0.2, -0.15) is 0 Å². The van der Waals surface area contributed by atoms with Crippen LogP contribution in [0.25, 0.3) is 0 Å². The number of rotatable bonds is 6. The number of aryl methyl sites for hydroxylation is 1. The fraction of sp³-hybridized carbons (Fsp3) is 0.176. The van der Waals surface area contributed by atoms with Gasteiger partial charge in [-0.15, -0.1) is 0 Å². The van der Waals surface area contributed by atoms with E-state index < -0.39 is 0 Å². The van der Waals surface area contributed by atoms with Crippen LogP contribution >= 0.6 is 0 Å². The molecule has 0 heterocycles. The number of hydrogen-bond acceptors (Lipinski definition) is 4. The van der Waals surface area contributed by atoms with Crippen LogP contribution in [0.2, 0.25) is 0 Å². The summed E-state index contributed by atoms with van der Waals surface area (Å²) in [5.74, 6) is 0.352. The number of methoxy groups -OCH3 is 1. The maximum atomic E-state index is 11.9. The molecule has 0 radical (unpaired) electrons. The molecule has 0 aliphatic rings. The molecule has 0 amide bonds. The van der Waals surface area contributed by atoms with Crippen molar-refractivity contribution < 1.29 is 19.1 Å². The summed E-state index contributed by atoms with van der Waals surface area (Å²) in [6.45, 7) is 0. The van der Waals surface area contributed by atoms with Gasteiger partial charge < -0.3 is 9.47 Å². The first-order valence-electron chi connectivity index (χ1n) is 6.60. The lowest BCUT2D eigenvalue weighted by atomic mass is 10.1. The Morgan fingerprint density at radius 1 is 1.10 bits per heavy atom. The first-order chi connectivity index (χ1) is 10.2. The van der Waals surface area contributed by atoms with Crippen LogP contribution in [-0.4, -0.2) is 19.4 Å². The van der Waals surface area contributed by atoms with Crippen LogP contribution < -0.4 is 9.47 Å². The van der Waals surface area contributed by atoms with E-state index in [4.69, 9.17) is 9.47 Å². The molecule has 0 bridgehead atoms. The maximum Gasteiger partial charge on any atom is 0.311 e. The van der Waals surface area contributed by atoms with Crippen LogP contribution in [0.1, 0.15) is 22.3 Å². The summed E-state index contributed by atoms with van der Waals surface area (Å²) in [6.07, 6.45) is 1.61. The van der Waals surface area contributed by atoms with E-state index in [1.807, 2.05) is 30.3 Å². The molecular formula is C17H16O4. The first-order valence-corrected chi connectivity index (χ1v) is 6.60. The molecule has 0 fully saturated rings. The zero-order valence-electron chi connectivity index (χ0n) is 11.7. The third-order valence-electron chi connectivity index (χ3n) is 3.01. The predicted molar refractivity (Wildman–Crippen MR) is 78.8 cm³/mol. The number of carbonyl (C=O) groups excluding carboxylic acids is 2. The Morgan fingerprint density at radius 2 is 1.86 bits per heavy atom. The molecule has 108 valence electrons. The zero-order chi connectivity index (χ0) is 15.1. The quantitative estimate of drug-likeness (QED) is 0.465. The van der Waals surface area contributed by atoms with Crippen molar-refractivity contribution in [2.75, 3.05) is 7.11 Å². The van der Waals surface area contributed by atoms with E-state index in [1.54, 1.807) is 12.1 Å². The molecule has 0 saturated carbocycles. The molecular weight excluding hydrogens is 268 g/mol. The van der Waals surface area contributed by atoms with Crippen LogP contribution in [0.4, 0.5) is 0 Å². The van der Waals surface area contributed by atoms with Gasteiger partial charge in [0.2, 0.25) is 0 Å². The fourth-order valence-electron chi connectivity index (χ4n) is 1.91. The molecule has 0 saturated heterocycles. The highest BCUT2D eigenvalue weighted by Crippen LogP contribution is 2.28. The normalized spacial score (nSPS) is 9.95. The summed E-state index contributed by atoms with van der Waals surface area (Å²) in [5.41, 5.74) is 1.55. The molecule has 0 aliphatic carbocycles. The minimum atomic E-state index is -0.337. The molecule has 0 aliphatic heterocycles. The number of ether oxygens (including phenoxy) is 2. The Morgan fingerprint density at radius 3 is 2.52 bits per heavy atom. The van der Waals surface area contributed by atoms with Gasteiger partial charge in [-0.05, 0) is 30.2 Å². The Kier molecular flexibility index (Phi) is 5.10. The molecule has 0 N–H and O–H groups in total. The molecule has 0 aromatic heterocycles. The van der Waals surface area contributed by atoms with E-state index >= 15 is 0 Å². The number of aldehydes is 1. The highest BCUT2D eigenvalue weighted by molar-refractivity contribution is 5.78. The van der Waals surface area contributed by atoms with Gasteiger partial charge in [-0.25, -0.2) is 0 Å². The van der Waals surface area contributed by atoms with Crippen molar-refractivity contribution in [1.82, 2.24) is 0 Å². The summed E-state index contributed by atoms with van der Waals surface area (Å²) >= 11 is 0. The minimum absolute atomic E-state index is 0.280. The first kappa shape index (κ1) is 14.8. The topological polar surface area (TPSA) is 52.6 Å². The van der Waals surface area contributed by atoms with E-state index in [9.17, 15) is 9.59 Å². The van der Waals surface area contributed by atoms with Crippen molar-refractivity contribution in [3.8, 4) is 11.5 Å². The summed E-state index contributed by atoms with van der Waals surface area (Å²) in [5, 5.41) is 0. The second-order valence-corrected chi connectivity index (χ2v) is 4.49. The number of benzene rings is 2. The number of carbonyl (C=O) groups is 2. The van der Waals surface area contributed by atoms with Gasteiger partial charge >= 0.3 is 5.97 Å². The Bertz CT molecular complexity index is 620. The van der Waals surface area contributed by atoms with Crippen LogP contribution in [0, 0.1) is 0 Å². The highest BCUT2D eigenvalue weighted by Gasteiger charge is 2.11. The van der Waals surface area contributed by atoms with Crippen molar-refractivity contribution in [1.29, 1.82) is 0 Å². The SMILES string of the molecule is COc1cc(C=O)ccc1OC(=O)CCc1ccccc1. The van der Waals surface area contributed by atoms with Gasteiger partial charge in [0.05, 0.1) is 7.11 Å². The lowest BCUT2D eigenvalue weighted by Gasteiger charge is -2.09. The minimum Gasteiger partial charge on any atom is -0.493 e. The molecule has 0 spiro atoms. The standard InChI is InChI=1S/C17H16O4/c1-20-16-11-14(12-18)7-9-15(16)21-17(19)10-8-13-5-3-2-4-6-13/h2-7,9,11-12H,8,10H2,1H3. The van der Waals surface area contributed by atoms with Gasteiger partial charge in [0, 0.05) is 12.0 Å². The van der Waals surface area contributed by atoms with Crippen molar-refractivity contribution in [3.63, 3.8) is 0 Å². The third-order valence-corrected chi connectivity index (χ3v) is 3.01. The molecule has 2 rings (SSSR count). The second-order valence-electron chi connectivity index (χ2n) is 4.49. The molecule has 0 atom stereocenters. The highest BCUT2D eigenvalue weighted by atomic mass is 16.6. The predicted octanol–water partition coefficient (Wildman–Crippen LogP) is 3.05. The van der Waals surface area contributed by atoms with E-state index in [2.05, 4.69) is 0 Å². The van der Waals surface area contributed by atoms with Crippen LogP contribution in [0.15, 0.2) is 48.5 Å². The average Bonchev–Trinajstić information content (AvgIpc) is 2.54. The van der Waals surface area contributed by atoms with Crippen molar-refractivity contribution in [3.05, 3.63) is 59.7 Å². The average molecular weight is 284 g/mol. The lowest BCUT2D eigenvalue weighted by Crippen LogP contribution is -2.10. The van der Waals surface area contributed by atoms with E-state index in [1.165, 1.54) is 13.2 Å². The molecule has 4 heteroatoms. The smallest absolute Gasteiger partial charge is 0.311 e. The summed E-state index contributed by atoms with van der Waals surface area (Å²) in [7, 11) is 1.46. The number of esters is 1. The van der Waals surface area contributed by atoms with Gasteiger partial charge in [0.25, 0.3) is 0 Å². The monoisotopic (exact) mass is 284 g/mol. The van der Waals surface area contributed by atoms with Gasteiger partial charge in [0.15, 0.2) is 11.5 Å². The molecule has 2 aromatic rings. The van der Waals surface area contributed by atoms with E-state index in [0.717, 1.165) is 5.56 Å². The maximum absolute atomic E-state index is 11.9. The van der Waals surface area contributed by atoms with Crippen molar-refractivity contribution in [2.24, 2.45) is 0 Å². The fourth-order valence-corrected chi connectivity index (χ4v) is 1.91. The van der Waals surface area contributed by atoms with Gasteiger partial charge in [-0.1, -0.05) is 30.3 Å². The van der Waals surface area contributed by atoms with Crippen molar-refractivity contribution in [2.45, 2.75) is 12.8 Å².